The second kappa shape index (κ2) is 22.8. The van der Waals surface area contributed by atoms with Crippen molar-refractivity contribution in [3.63, 3.8) is 0 Å². The van der Waals surface area contributed by atoms with Crippen molar-refractivity contribution in [1.82, 2.24) is 0 Å². The van der Waals surface area contributed by atoms with Crippen LogP contribution in [0.15, 0.2) is 328 Å². The highest BCUT2D eigenvalue weighted by atomic mass is 32.1. The average Bonchev–Trinajstić information content (AvgIpc) is 4.42. The number of para-hydroxylation sites is 3. The zero-order valence-electron chi connectivity index (χ0n) is 46.2. The smallest absolute Gasteiger partial charge is 0.0463 e. The van der Waals surface area contributed by atoms with Gasteiger partial charge in [-0.25, -0.2) is 0 Å². The molecule has 0 N–H and O–H groups in total. The topological polar surface area (TPSA) is 13.0 Å². The summed E-state index contributed by atoms with van der Waals surface area (Å²) in [6.07, 6.45) is 0. The molecule has 0 bridgehead atoms. The lowest BCUT2D eigenvalue weighted by Crippen LogP contribution is -2.13. The van der Waals surface area contributed by atoms with Crippen LogP contribution in [0.25, 0.3) is 61.6 Å². The zero-order valence-corrected chi connectivity index (χ0v) is 48.6. The van der Waals surface area contributed by atoms with E-state index in [1.165, 1.54) is 61.6 Å². The number of benzene rings is 12. The third kappa shape index (κ3) is 10.4. The van der Waals surface area contributed by atoms with Gasteiger partial charge in [-0.15, -0.1) is 34.0 Å². The highest BCUT2D eigenvalue weighted by Crippen LogP contribution is 2.45. The van der Waals surface area contributed by atoms with E-state index in [1.807, 2.05) is 34.0 Å². The van der Waals surface area contributed by atoms with Crippen LogP contribution in [-0.4, -0.2) is 0 Å². The second-order valence-corrected chi connectivity index (χ2v) is 24.2. The Morgan fingerprint density at radius 3 is 0.553 bits per heavy atom. The van der Waals surface area contributed by atoms with Gasteiger partial charge in [0.05, 0.1) is 0 Å². The molecule has 0 radical (unpaired) electrons. The van der Waals surface area contributed by atoms with Gasteiger partial charge in [0.2, 0.25) is 0 Å². The lowest BCUT2D eigenvalue weighted by molar-refractivity contribution is 1.24. The quantitative estimate of drug-likeness (QED) is 0.101. The van der Waals surface area contributed by atoms with Gasteiger partial charge in [-0.3, -0.25) is 0 Å². The minimum atomic E-state index is 1.03. The fourth-order valence-electron chi connectivity index (χ4n) is 11.5. The molecule has 12 aromatic carbocycles. The van der Waals surface area contributed by atoms with Gasteiger partial charge in [-0.2, -0.15) is 0 Å². The number of hydrogen-bond acceptors (Lipinski definition) is 7. The van der Waals surface area contributed by atoms with Crippen LogP contribution < -0.4 is 19.6 Å². The first-order chi connectivity index (χ1) is 42.1. The van der Waals surface area contributed by atoms with Crippen molar-refractivity contribution in [2.75, 3.05) is 19.6 Å². The Hall–Kier alpha value is -10.3. The van der Waals surface area contributed by atoms with Gasteiger partial charge in [0.1, 0.15) is 0 Å². The molecule has 0 atom stereocenters. The number of thiophene rings is 3. The molecule has 3 aromatic heterocycles. The molecule has 15 rings (SSSR count). The number of rotatable bonds is 15. The van der Waals surface area contributed by atoms with E-state index in [0.717, 1.165) is 68.2 Å². The normalized spacial score (nSPS) is 11.3. The van der Waals surface area contributed by atoms with Crippen LogP contribution in [-0.2, 0) is 0 Å². The third-order valence-electron chi connectivity index (χ3n) is 15.6. The Bertz CT molecular complexity index is 4150. The van der Waals surface area contributed by atoms with Gasteiger partial charge >= 0.3 is 0 Å². The van der Waals surface area contributed by atoms with E-state index in [2.05, 4.69) is 347 Å². The number of hydrogen-bond donors (Lipinski definition) is 0. The van der Waals surface area contributed by atoms with Gasteiger partial charge in [0, 0.05) is 97.0 Å². The SMILES string of the molecule is c1ccc(N(c2ccc(-c3cc4ccccc4s3)cc2)c2ccc(N(c3ccc(N(c4ccccc4)c4ccc(-c5cc6ccccc6s5)cc4)cc3)c3ccc(N(c4ccccc4)c4ccc(-c5cc6ccccc6s5)cc4)cc3)cc2)cc1. The molecule has 0 aliphatic carbocycles. The molecule has 85 heavy (non-hydrogen) atoms. The summed E-state index contributed by atoms with van der Waals surface area (Å²) in [6.45, 7) is 0. The summed E-state index contributed by atoms with van der Waals surface area (Å²) >= 11 is 5.51. The van der Waals surface area contributed by atoms with Crippen molar-refractivity contribution in [1.29, 1.82) is 0 Å². The van der Waals surface area contributed by atoms with Crippen molar-refractivity contribution >= 4 is 133 Å². The Kier molecular flexibility index (Phi) is 13.8. The monoisotopic (exact) mass is 1140 g/mol. The van der Waals surface area contributed by atoms with Crippen molar-refractivity contribution in [2.24, 2.45) is 0 Å². The van der Waals surface area contributed by atoms with Gasteiger partial charge < -0.3 is 19.6 Å². The summed E-state index contributed by atoms with van der Waals surface area (Å²) in [5.41, 5.74) is 16.4. The van der Waals surface area contributed by atoms with E-state index in [1.54, 1.807) is 0 Å². The minimum absolute atomic E-state index is 1.03. The molecule has 3 heterocycles. The summed E-state index contributed by atoms with van der Waals surface area (Å²) in [4.78, 5) is 13.2. The Morgan fingerprint density at radius 2 is 0.341 bits per heavy atom. The van der Waals surface area contributed by atoms with E-state index < -0.39 is 0 Å². The van der Waals surface area contributed by atoms with Crippen molar-refractivity contribution in [2.45, 2.75) is 0 Å². The Labute approximate surface area is 507 Å². The van der Waals surface area contributed by atoms with Crippen molar-refractivity contribution in [3.05, 3.63) is 328 Å². The molecule has 0 fully saturated rings. The molecule has 7 heteroatoms. The molecular weight excluding hydrogens is 1090 g/mol. The standard InChI is InChI=1S/C78H54N4S3/c1-4-19-61(20-5-1)79(64-34-28-55(29-35-64)76-52-58-16-10-13-25-73(58)83-76)67-40-46-70(47-41-67)82(71-48-42-68(43-49-71)80(62-21-6-2-7-22-62)65-36-30-56(31-37-65)77-53-59-17-11-14-26-74(59)84-77)72-50-44-69(45-51-72)81(63-23-8-3-9-24-63)66-38-32-57(33-39-66)78-54-60-18-12-15-27-75(60)85-78/h1-54H. The Morgan fingerprint density at radius 1 is 0.165 bits per heavy atom. The molecule has 404 valence electrons. The molecule has 0 amide bonds. The molecule has 0 unspecified atom stereocenters. The lowest BCUT2D eigenvalue weighted by atomic mass is 10.1. The van der Waals surface area contributed by atoms with E-state index in [-0.39, 0.29) is 0 Å². The maximum atomic E-state index is 2.36. The minimum Gasteiger partial charge on any atom is -0.311 e. The fourth-order valence-corrected chi connectivity index (χ4v) is 14.7. The predicted molar refractivity (Wildman–Crippen MR) is 368 cm³/mol. The van der Waals surface area contributed by atoms with E-state index in [0.29, 0.717) is 0 Å². The lowest BCUT2D eigenvalue weighted by Gasteiger charge is -2.30. The zero-order chi connectivity index (χ0) is 56.5. The molecule has 0 aliphatic rings. The molecule has 0 saturated carbocycles. The van der Waals surface area contributed by atoms with E-state index in [4.69, 9.17) is 0 Å². The average molecular weight is 1140 g/mol. The third-order valence-corrected chi connectivity index (χ3v) is 19.1. The second-order valence-electron chi connectivity index (χ2n) is 21.0. The van der Waals surface area contributed by atoms with Crippen molar-refractivity contribution in [3.8, 4) is 31.3 Å². The molecular formula is C78H54N4S3. The van der Waals surface area contributed by atoms with Gasteiger partial charge in [0.25, 0.3) is 0 Å². The molecule has 0 aliphatic heterocycles. The summed E-state index contributed by atoms with van der Waals surface area (Å²) in [7, 11) is 0. The number of nitrogens with zero attached hydrogens (tertiary/aromatic N) is 4. The predicted octanol–water partition coefficient (Wildman–Crippen LogP) is 24.2. The highest BCUT2D eigenvalue weighted by Gasteiger charge is 2.21. The summed E-state index contributed by atoms with van der Waals surface area (Å²) in [5.74, 6) is 0. The first-order valence-corrected chi connectivity index (χ1v) is 31.0. The maximum Gasteiger partial charge on any atom is 0.0463 e. The fraction of sp³-hybridized carbons (Fsp3) is 0. The first kappa shape index (κ1) is 51.6. The highest BCUT2D eigenvalue weighted by molar-refractivity contribution is 7.23. The summed E-state index contributed by atoms with van der Waals surface area (Å²) in [6, 6.07) is 119. The van der Waals surface area contributed by atoms with Gasteiger partial charge in [-0.1, -0.05) is 146 Å². The molecule has 0 spiro atoms. The Balaban J connectivity index is 0.795. The van der Waals surface area contributed by atoms with Crippen molar-refractivity contribution < 1.29 is 0 Å². The largest absolute Gasteiger partial charge is 0.311 e. The van der Waals surface area contributed by atoms with Crippen LogP contribution in [0.2, 0.25) is 0 Å². The molecule has 0 saturated heterocycles. The van der Waals surface area contributed by atoms with Crippen LogP contribution in [0.3, 0.4) is 0 Å². The summed E-state index contributed by atoms with van der Waals surface area (Å²) < 4.78 is 3.89. The first-order valence-electron chi connectivity index (χ1n) is 28.5. The molecule has 4 nitrogen and oxygen atoms in total. The van der Waals surface area contributed by atoms with Crippen LogP contribution in [0, 0.1) is 0 Å². The van der Waals surface area contributed by atoms with E-state index >= 15 is 0 Å². The number of fused-ring (bicyclic) bond motifs is 3. The van der Waals surface area contributed by atoms with Gasteiger partial charge in [0.15, 0.2) is 0 Å². The number of anilines is 12. The maximum absolute atomic E-state index is 2.36. The van der Waals surface area contributed by atoms with Crippen LogP contribution >= 0.6 is 34.0 Å². The summed E-state index contributed by atoms with van der Waals surface area (Å²) in [5, 5.41) is 3.82. The van der Waals surface area contributed by atoms with Crippen LogP contribution in [0.4, 0.5) is 68.2 Å². The molecule has 15 aromatic rings. The van der Waals surface area contributed by atoms with Crippen LogP contribution in [0.1, 0.15) is 0 Å². The van der Waals surface area contributed by atoms with Gasteiger partial charge in [-0.05, 0) is 215 Å². The van der Waals surface area contributed by atoms with E-state index in [9.17, 15) is 0 Å². The van der Waals surface area contributed by atoms with Crippen LogP contribution in [0.5, 0.6) is 0 Å².